The molecule has 0 aliphatic heterocycles. The van der Waals surface area contributed by atoms with Crippen molar-refractivity contribution in [3.63, 3.8) is 0 Å². The van der Waals surface area contributed by atoms with E-state index in [1.165, 1.54) is 12.3 Å². The highest BCUT2D eigenvalue weighted by Gasteiger charge is 2.23. The lowest BCUT2D eigenvalue weighted by Gasteiger charge is -2.19. The van der Waals surface area contributed by atoms with Crippen LogP contribution in [0, 0.1) is 11.6 Å². The van der Waals surface area contributed by atoms with Gasteiger partial charge in [0.1, 0.15) is 16.9 Å². The fourth-order valence-electron chi connectivity index (χ4n) is 4.23. The zero-order chi connectivity index (χ0) is 24.3. The second-order valence-electron chi connectivity index (χ2n) is 7.94. The van der Waals surface area contributed by atoms with Gasteiger partial charge < -0.3 is 25.3 Å². The predicted molar refractivity (Wildman–Crippen MR) is 126 cm³/mol. The molecule has 5 aromatic rings. The lowest BCUT2D eigenvalue weighted by molar-refractivity contribution is 0.0695. The van der Waals surface area contributed by atoms with Crippen LogP contribution in [0.5, 0.6) is 0 Å². The zero-order valence-electron chi connectivity index (χ0n) is 18.2. The third-order valence-electron chi connectivity index (χ3n) is 5.75. The van der Waals surface area contributed by atoms with E-state index in [9.17, 15) is 19.1 Å². The van der Waals surface area contributed by atoms with E-state index in [0.717, 1.165) is 12.3 Å². The highest BCUT2D eigenvalue weighted by Crippen LogP contribution is 2.42. The summed E-state index contributed by atoms with van der Waals surface area (Å²) in [5.74, 6) is -3.38. The Balaban J connectivity index is 1.89. The van der Waals surface area contributed by atoms with Gasteiger partial charge in [-0.05, 0) is 6.07 Å². The molecule has 0 unspecified atom stereocenters. The Morgan fingerprint density at radius 2 is 1.85 bits per heavy atom. The number of nitrogens with one attached hydrogen (secondary N) is 3. The largest absolute Gasteiger partial charge is 0.477 e. The molecule has 11 heteroatoms. The minimum absolute atomic E-state index is 0.0390. The third kappa shape index (κ3) is 2.97. The van der Waals surface area contributed by atoms with Gasteiger partial charge in [-0.15, -0.1) is 0 Å². The van der Waals surface area contributed by atoms with E-state index in [4.69, 9.17) is 0 Å². The molecule has 1 aromatic carbocycles. The van der Waals surface area contributed by atoms with Gasteiger partial charge >= 0.3 is 5.97 Å². The molecule has 4 aromatic heterocycles. The van der Waals surface area contributed by atoms with Crippen molar-refractivity contribution < 1.29 is 18.7 Å². The standard InChI is InChI=1S/C23H18F2N6O3/c1-26-14-5-13(24)17(25)15-16-19(31(2)3)11(7-29-22(16)30-18(14)15)9-4-10-20(32)12(23(33)34)8-28-21(10)27-6-9/h4-8,26H,1-3H3,(H,29,30)(H,33,34)(H,27,28,32). The van der Waals surface area contributed by atoms with Gasteiger partial charge in [-0.3, -0.25) is 4.79 Å². The van der Waals surface area contributed by atoms with Gasteiger partial charge in [-0.2, -0.15) is 0 Å². The van der Waals surface area contributed by atoms with E-state index in [0.29, 0.717) is 39.1 Å². The third-order valence-corrected chi connectivity index (χ3v) is 5.75. The average molecular weight is 464 g/mol. The monoisotopic (exact) mass is 464 g/mol. The highest BCUT2D eigenvalue weighted by atomic mass is 19.2. The number of pyridine rings is 3. The molecule has 0 amide bonds. The van der Waals surface area contributed by atoms with Crippen LogP contribution in [0.15, 0.2) is 35.5 Å². The van der Waals surface area contributed by atoms with Crippen LogP contribution in [0.1, 0.15) is 10.4 Å². The van der Waals surface area contributed by atoms with Crippen LogP contribution in [0.25, 0.3) is 44.1 Å². The first kappa shape index (κ1) is 21.3. The van der Waals surface area contributed by atoms with Gasteiger partial charge in [0.05, 0.1) is 33.1 Å². The molecule has 0 atom stereocenters. The summed E-state index contributed by atoms with van der Waals surface area (Å²) in [4.78, 5) is 40.3. The molecule has 0 fully saturated rings. The summed E-state index contributed by atoms with van der Waals surface area (Å²) < 4.78 is 29.5. The Morgan fingerprint density at radius 1 is 1.12 bits per heavy atom. The van der Waals surface area contributed by atoms with E-state index in [1.807, 2.05) is 0 Å². The van der Waals surface area contributed by atoms with Crippen LogP contribution in [-0.4, -0.2) is 52.2 Å². The number of carboxylic acid groups (broad SMARTS) is 1. The minimum Gasteiger partial charge on any atom is -0.477 e. The number of aromatic amines is 2. The number of carboxylic acids is 1. The summed E-state index contributed by atoms with van der Waals surface area (Å²) in [5, 5.41) is 12.6. The molecule has 5 rings (SSSR count). The number of benzene rings is 1. The second kappa shape index (κ2) is 7.51. The molecular weight excluding hydrogens is 446 g/mol. The van der Waals surface area contributed by atoms with Crippen molar-refractivity contribution >= 4 is 50.3 Å². The lowest BCUT2D eigenvalue weighted by atomic mass is 10.0. The number of carbonyl (C=O) groups is 1. The molecular formula is C23H18F2N6O3. The number of hydrogen-bond acceptors (Lipinski definition) is 6. The molecule has 4 heterocycles. The summed E-state index contributed by atoms with van der Waals surface area (Å²) in [6, 6.07) is 2.58. The highest BCUT2D eigenvalue weighted by molar-refractivity contribution is 6.18. The number of aromatic carboxylic acids is 1. The molecule has 4 N–H and O–H groups in total. The van der Waals surface area contributed by atoms with Crippen molar-refractivity contribution in [2.45, 2.75) is 0 Å². The molecule has 0 radical (unpaired) electrons. The van der Waals surface area contributed by atoms with E-state index in [-0.39, 0.29) is 16.4 Å². The van der Waals surface area contributed by atoms with Crippen LogP contribution >= 0.6 is 0 Å². The molecule has 0 aliphatic carbocycles. The van der Waals surface area contributed by atoms with Crippen molar-refractivity contribution in [2.24, 2.45) is 0 Å². The van der Waals surface area contributed by atoms with Crippen molar-refractivity contribution in [3.8, 4) is 11.1 Å². The minimum atomic E-state index is -1.36. The topological polar surface area (TPSA) is 127 Å². The van der Waals surface area contributed by atoms with Gasteiger partial charge in [0.25, 0.3) is 0 Å². The molecule has 34 heavy (non-hydrogen) atoms. The van der Waals surface area contributed by atoms with Crippen LogP contribution in [0.2, 0.25) is 0 Å². The van der Waals surface area contributed by atoms with Crippen LogP contribution in [0.4, 0.5) is 20.2 Å². The van der Waals surface area contributed by atoms with Crippen LogP contribution < -0.4 is 15.6 Å². The number of fused-ring (bicyclic) bond motifs is 4. The Bertz CT molecular complexity index is 1710. The summed E-state index contributed by atoms with van der Waals surface area (Å²) >= 11 is 0. The van der Waals surface area contributed by atoms with E-state index >= 15 is 4.39 Å². The molecule has 172 valence electrons. The number of rotatable bonds is 4. The second-order valence-corrected chi connectivity index (χ2v) is 7.94. The number of nitrogens with zero attached hydrogens (tertiary/aromatic N) is 3. The molecule has 0 bridgehead atoms. The summed E-state index contributed by atoms with van der Waals surface area (Å²) in [7, 11) is 5.10. The first-order chi connectivity index (χ1) is 16.2. The van der Waals surface area contributed by atoms with Crippen molar-refractivity contribution in [1.29, 1.82) is 0 Å². The van der Waals surface area contributed by atoms with Gasteiger partial charge in [0, 0.05) is 56.9 Å². The fourth-order valence-corrected chi connectivity index (χ4v) is 4.23. The van der Waals surface area contributed by atoms with Crippen molar-refractivity contribution in [2.75, 3.05) is 31.4 Å². The molecule has 0 saturated carbocycles. The number of aromatic nitrogens is 4. The Labute approximate surface area is 190 Å². The SMILES string of the molecule is CNc1cc(F)c(F)c2c1[nH]c1ncc(-c3cnc4[nH]cc(C(=O)O)c(=O)c4c3)c(N(C)C)c12. The van der Waals surface area contributed by atoms with Gasteiger partial charge in [0.15, 0.2) is 11.6 Å². The zero-order valence-corrected chi connectivity index (χ0v) is 18.2. The molecule has 0 saturated heterocycles. The maximum absolute atomic E-state index is 15.1. The Hall–Kier alpha value is -4.54. The number of halogens is 2. The molecule has 0 aliphatic rings. The number of anilines is 2. The Kier molecular flexibility index (Phi) is 4.71. The molecule has 0 spiro atoms. The van der Waals surface area contributed by atoms with Crippen molar-refractivity contribution in [1.82, 2.24) is 19.9 Å². The maximum Gasteiger partial charge on any atom is 0.341 e. The first-order valence-electron chi connectivity index (χ1n) is 10.2. The van der Waals surface area contributed by atoms with Crippen LogP contribution in [-0.2, 0) is 0 Å². The fraction of sp³-hybridized carbons (Fsp3) is 0.130. The average Bonchev–Trinajstić information content (AvgIpc) is 3.20. The predicted octanol–water partition coefficient (Wildman–Crippen LogP) is 3.70. The first-order valence-corrected chi connectivity index (χ1v) is 10.2. The lowest BCUT2D eigenvalue weighted by Crippen LogP contribution is -2.16. The summed E-state index contributed by atoms with van der Waals surface area (Å²) in [6.45, 7) is 0. The smallest absolute Gasteiger partial charge is 0.341 e. The summed E-state index contributed by atoms with van der Waals surface area (Å²) in [6.07, 6.45) is 4.14. The van der Waals surface area contributed by atoms with Gasteiger partial charge in [-0.1, -0.05) is 0 Å². The summed E-state index contributed by atoms with van der Waals surface area (Å²) in [5.41, 5.74) is 1.69. The van der Waals surface area contributed by atoms with Gasteiger partial charge in [0.2, 0.25) is 5.43 Å². The van der Waals surface area contributed by atoms with Gasteiger partial charge in [-0.25, -0.2) is 23.5 Å². The normalized spacial score (nSPS) is 11.4. The van der Waals surface area contributed by atoms with Crippen LogP contribution in [0.3, 0.4) is 0 Å². The number of hydrogen-bond donors (Lipinski definition) is 4. The van der Waals surface area contributed by atoms with E-state index < -0.39 is 28.6 Å². The molecule has 9 nitrogen and oxygen atoms in total. The quantitative estimate of drug-likeness (QED) is 0.319. The maximum atomic E-state index is 15.1. The van der Waals surface area contributed by atoms with Crippen molar-refractivity contribution in [3.05, 3.63) is 58.1 Å². The Morgan fingerprint density at radius 3 is 2.53 bits per heavy atom. The van der Waals surface area contributed by atoms with E-state index in [1.54, 1.807) is 32.2 Å². The van der Waals surface area contributed by atoms with E-state index in [2.05, 4.69) is 25.3 Å². The number of H-pyrrole nitrogens is 2.